The molecule has 0 aliphatic rings. The Morgan fingerprint density at radius 3 is 2.52 bits per heavy atom. The average molecular weight is 306 g/mol. The fraction of sp³-hybridized carbons (Fsp3) is 0.471. The third-order valence-corrected chi connectivity index (χ3v) is 4.17. The summed E-state index contributed by atoms with van der Waals surface area (Å²) in [4.78, 5) is 0. The molecule has 2 rings (SSSR count). The summed E-state index contributed by atoms with van der Waals surface area (Å²) in [5, 5.41) is 8.77. The average Bonchev–Trinajstić information content (AvgIpc) is 2.81. The number of nitrogens with one attached hydrogen (secondary N) is 1. The Hall–Kier alpha value is -1.32. The zero-order valence-electron chi connectivity index (χ0n) is 13.3. The lowest BCUT2D eigenvalue weighted by molar-refractivity contribution is 0.705. The normalized spacial score (nSPS) is 11.1. The van der Waals surface area contributed by atoms with E-state index in [1.807, 2.05) is 11.7 Å². The Kier molecular flexibility index (Phi) is 5.43. The largest absolute Gasteiger partial charge is 0.313 e. The van der Waals surface area contributed by atoms with Crippen LogP contribution in [0.25, 0.3) is 11.1 Å². The minimum absolute atomic E-state index is 0.809. The van der Waals surface area contributed by atoms with E-state index >= 15 is 0 Å². The Morgan fingerprint density at radius 2 is 1.95 bits per heavy atom. The molecule has 0 atom stereocenters. The third-order valence-electron chi connectivity index (χ3n) is 3.82. The first-order valence-electron chi connectivity index (χ1n) is 7.66. The minimum atomic E-state index is 0.809. The van der Waals surface area contributed by atoms with Crippen molar-refractivity contribution in [2.24, 2.45) is 7.05 Å². The molecule has 0 saturated heterocycles. The van der Waals surface area contributed by atoms with Gasteiger partial charge in [-0.1, -0.05) is 44.5 Å². The number of rotatable bonds is 6. The molecule has 0 saturated carbocycles. The van der Waals surface area contributed by atoms with Gasteiger partial charge in [0, 0.05) is 29.9 Å². The molecular weight excluding hydrogens is 282 g/mol. The molecule has 114 valence electrons. The molecular formula is C17H24ClN3. The topological polar surface area (TPSA) is 29.9 Å². The van der Waals surface area contributed by atoms with Crippen LogP contribution in [0.2, 0.25) is 5.02 Å². The van der Waals surface area contributed by atoms with Gasteiger partial charge in [-0.3, -0.25) is 4.68 Å². The molecule has 0 spiro atoms. The molecule has 21 heavy (non-hydrogen) atoms. The summed E-state index contributed by atoms with van der Waals surface area (Å²) in [6.07, 6.45) is 1.90. The predicted molar refractivity (Wildman–Crippen MR) is 89.8 cm³/mol. The van der Waals surface area contributed by atoms with Crippen LogP contribution in [0.1, 0.15) is 37.7 Å². The highest BCUT2D eigenvalue weighted by Crippen LogP contribution is 2.31. The highest BCUT2D eigenvalue weighted by molar-refractivity contribution is 6.31. The molecule has 2 aromatic rings. The lowest BCUT2D eigenvalue weighted by Gasteiger charge is -2.09. The quantitative estimate of drug-likeness (QED) is 0.875. The molecule has 3 nitrogen and oxygen atoms in total. The van der Waals surface area contributed by atoms with Crippen molar-refractivity contribution in [2.75, 3.05) is 6.54 Å². The second-order valence-corrected chi connectivity index (χ2v) is 5.59. The van der Waals surface area contributed by atoms with Crippen molar-refractivity contribution >= 4 is 11.6 Å². The SMILES string of the molecule is CCNCc1ccc(-c2c(CC)nn(C)c2CC)cc1Cl. The molecule has 1 N–H and O–H groups in total. The summed E-state index contributed by atoms with van der Waals surface area (Å²) in [6, 6.07) is 6.35. The number of hydrogen-bond donors (Lipinski definition) is 1. The van der Waals surface area contributed by atoms with Gasteiger partial charge in [0.15, 0.2) is 0 Å². The first-order valence-corrected chi connectivity index (χ1v) is 8.04. The summed E-state index contributed by atoms with van der Waals surface area (Å²) >= 11 is 6.45. The fourth-order valence-electron chi connectivity index (χ4n) is 2.71. The molecule has 4 heteroatoms. The highest BCUT2D eigenvalue weighted by atomic mass is 35.5. The van der Waals surface area contributed by atoms with E-state index in [-0.39, 0.29) is 0 Å². The van der Waals surface area contributed by atoms with Crippen molar-refractivity contribution in [1.82, 2.24) is 15.1 Å². The minimum Gasteiger partial charge on any atom is -0.313 e. The maximum Gasteiger partial charge on any atom is 0.0703 e. The van der Waals surface area contributed by atoms with Crippen LogP contribution in [-0.2, 0) is 26.4 Å². The van der Waals surface area contributed by atoms with Gasteiger partial charge in [0.1, 0.15) is 0 Å². The molecule has 0 fully saturated rings. The lowest BCUT2D eigenvalue weighted by atomic mass is 9.99. The van der Waals surface area contributed by atoms with E-state index in [0.717, 1.165) is 42.2 Å². The van der Waals surface area contributed by atoms with Crippen molar-refractivity contribution in [3.63, 3.8) is 0 Å². The summed E-state index contributed by atoms with van der Waals surface area (Å²) in [7, 11) is 2.02. The molecule has 1 aromatic heterocycles. The maximum absolute atomic E-state index is 6.45. The van der Waals surface area contributed by atoms with Crippen LogP contribution >= 0.6 is 11.6 Å². The summed E-state index contributed by atoms with van der Waals surface area (Å²) < 4.78 is 1.99. The maximum atomic E-state index is 6.45. The van der Waals surface area contributed by atoms with E-state index in [1.165, 1.54) is 16.8 Å². The summed E-state index contributed by atoms with van der Waals surface area (Å²) in [5.74, 6) is 0. The molecule has 0 amide bonds. The fourth-order valence-corrected chi connectivity index (χ4v) is 2.96. The number of nitrogens with zero attached hydrogens (tertiary/aromatic N) is 2. The molecule has 1 aromatic carbocycles. The van der Waals surface area contributed by atoms with Gasteiger partial charge in [0.2, 0.25) is 0 Å². The summed E-state index contributed by atoms with van der Waals surface area (Å²) in [5.41, 5.74) is 5.97. The third kappa shape index (κ3) is 3.30. The molecule has 0 unspecified atom stereocenters. The number of aryl methyl sites for hydroxylation is 2. The van der Waals surface area contributed by atoms with E-state index in [9.17, 15) is 0 Å². The molecule has 0 radical (unpaired) electrons. The van der Waals surface area contributed by atoms with Crippen molar-refractivity contribution < 1.29 is 0 Å². The van der Waals surface area contributed by atoms with Crippen LogP contribution in [0.4, 0.5) is 0 Å². The van der Waals surface area contributed by atoms with E-state index < -0.39 is 0 Å². The Balaban J connectivity index is 2.45. The van der Waals surface area contributed by atoms with Gasteiger partial charge in [0.05, 0.1) is 5.69 Å². The molecule has 0 aliphatic heterocycles. The molecule has 1 heterocycles. The standard InChI is InChI=1S/C17H24ClN3/c1-5-15-17(16(6-2)21(4)20-15)12-8-9-13(11-19-7-3)14(18)10-12/h8-10,19H,5-7,11H2,1-4H3. The lowest BCUT2D eigenvalue weighted by Crippen LogP contribution is -2.11. The van der Waals surface area contributed by atoms with Crippen LogP contribution in [-0.4, -0.2) is 16.3 Å². The Labute approximate surface area is 132 Å². The van der Waals surface area contributed by atoms with E-state index in [1.54, 1.807) is 0 Å². The van der Waals surface area contributed by atoms with Crippen LogP contribution in [0.5, 0.6) is 0 Å². The van der Waals surface area contributed by atoms with Gasteiger partial charge in [-0.25, -0.2) is 0 Å². The van der Waals surface area contributed by atoms with Crippen molar-refractivity contribution in [3.8, 4) is 11.1 Å². The van der Waals surface area contributed by atoms with Crippen LogP contribution < -0.4 is 5.32 Å². The second-order valence-electron chi connectivity index (χ2n) is 5.19. The first kappa shape index (κ1) is 16.1. The molecule has 0 bridgehead atoms. The van der Waals surface area contributed by atoms with Gasteiger partial charge >= 0.3 is 0 Å². The van der Waals surface area contributed by atoms with Gasteiger partial charge in [-0.05, 0) is 36.6 Å². The van der Waals surface area contributed by atoms with E-state index in [2.05, 4.69) is 49.4 Å². The first-order chi connectivity index (χ1) is 10.1. The van der Waals surface area contributed by atoms with E-state index in [4.69, 9.17) is 11.6 Å². The van der Waals surface area contributed by atoms with Gasteiger partial charge in [-0.2, -0.15) is 5.10 Å². The smallest absolute Gasteiger partial charge is 0.0703 e. The zero-order valence-corrected chi connectivity index (χ0v) is 14.1. The second kappa shape index (κ2) is 7.10. The van der Waals surface area contributed by atoms with Gasteiger partial charge in [-0.15, -0.1) is 0 Å². The number of hydrogen-bond acceptors (Lipinski definition) is 2. The van der Waals surface area contributed by atoms with Crippen LogP contribution in [0.15, 0.2) is 18.2 Å². The van der Waals surface area contributed by atoms with Crippen molar-refractivity contribution in [1.29, 1.82) is 0 Å². The predicted octanol–water partition coefficient (Wildman–Crippen LogP) is 3.97. The van der Waals surface area contributed by atoms with E-state index in [0.29, 0.717) is 0 Å². The van der Waals surface area contributed by atoms with Crippen LogP contribution in [0.3, 0.4) is 0 Å². The number of aromatic nitrogens is 2. The van der Waals surface area contributed by atoms with Gasteiger partial charge in [0.25, 0.3) is 0 Å². The number of benzene rings is 1. The Bertz CT molecular complexity index is 617. The Morgan fingerprint density at radius 1 is 1.19 bits per heavy atom. The van der Waals surface area contributed by atoms with Crippen molar-refractivity contribution in [3.05, 3.63) is 40.2 Å². The monoisotopic (exact) mass is 305 g/mol. The van der Waals surface area contributed by atoms with Crippen molar-refractivity contribution in [2.45, 2.75) is 40.2 Å². The highest BCUT2D eigenvalue weighted by Gasteiger charge is 2.16. The van der Waals surface area contributed by atoms with Gasteiger partial charge < -0.3 is 5.32 Å². The van der Waals surface area contributed by atoms with Crippen LogP contribution in [0, 0.1) is 0 Å². The zero-order chi connectivity index (χ0) is 15.4. The molecule has 0 aliphatic carbocycles. The summed E-state index contributed by atoms with van der Waals surface area (Å²) in [6.45, 7) is 8.16. The number of halogens is 1.